The summed E-state index contributed by atoms with van der Waals surface area (Å²) in [5.41, 5.74) is 12.2. The topological polar surface area (TPSA) is 143 Å². The Balaban J connectivity index is 3.95. The second-order valence-corrected chi connectivity index (χ2v) is 4.93. The molecule has 0 aromatic heterocycles. The van der Waals surface area contributed by atoms with Crippen molar-refractivity contribution in [3.05, 3.63) is 4.91 Å². The Morgan fingerprint density at radius 3 is 2.58 bits per heavy atom. The van der Waals surface area contributed by atoms with E-state index in [-0.39, 0.29) is 12.5 Å². The summed E-state index contributed by atoms with van der Waals surface area (Å²) in [4.78, 5) is 25.4. The van der Waals surface area contributed by atoms with Crippen molar-refractivity contribution in [3.8, 4) is 0 Å². The highest BCUT2D eigenvalue weighted by atomic mass is 16.7. The van der Waals surface area contributed by atoms with Crippen molar-refractivity contribution in [2.75, 3.05) is 6.54 Å². The van der Waals surface area contributed by atoms with Gasteiger partial charge in [0, 0.05) is 6.54 Å². The third-order valence-corrected chi connectivity index (χ3v) is 1.88. The number of carbonyl (C=O) groups is 1. The molecule has 0 aliphatic heterocycles. The number of rotatable bonds is 6. The molecule has 0 amide bonds. The second kappa shape index (κ2) is 7.52. The van der Waals surface area contributed by atoms with E-state index in [1.54, 1.807) is 20.8 Å². The molecule has 0 saturated heterocycles. The molecule has 110 valence electrons. The molecule has 0 heterocycles. The van der Waals surface area contributed by atoms with Gasteiger partial charge in [0.1, 0.15) is 16.5 Å². The Hall–Kier alpha value is -1.90. The summed E-state index contributed by atoms with van der Waals surface area (Å²) in [5, 5.41) is 7.72. The van der Waals surface area contributed by atoms with E-state index in [9.17, 15) is 9.70 Å². The zero-order valence-electron chi connectivity index (χ0n) is 11.4. The third kappa shape index (κ3) is 9.77. The van der Waals surface area contributed by atoms with E-state index in [0.29, 0.717) is 12.8 Å². The molecule has 0 fully saturated rings. The monoisotopic (exact) mass is 276 g/mol. The molecule has 0 aromatic carbocycles. The number of nitrogens with two attached hydrogens (primary N) is 2. The summed E-state index contributed by atoms with van der Waals surface area (Å²) in [7, 11) is 0. The van der Waals surface area contributed by atoms with Gasteiger partial charge in [0.25, 0.3) is 5.96 Å². The molecule has 0 saturated carbocycles. The second-order valence-electron chi connectivity index (χ2n) is 4.93. The lowest BCUT2D eigenvalue weighted by atomic mass is 10.1. The molecule has 1 atom stereocenters. The van der Waals surface area contributed by atoms with Crippen molar-refractivity contribution in [1.29, 1.82) is 0 Å². The average molecular weight is 276 g/mol. The van der Waals surface area contributed by atoms with Gasteiger partial charge in [0.15, 0.2) is 0 Å². The predicted octanol–water partition coefficient (Wildman–Crippen LogP) is -0.577. The van der Waals surface area contributed by atoms with Crippen molar-refractivity contribution >= 4 is 11.9 Å². The fourth-order valence-electron chi connectivity index (χ4n) is 1.14. The fourth-order valence-corrected chi connectivity index (χ4v) is 1.14. The van der Waals surface area contributed by atoms with E-state index < -0.39 is 22.6 Å². The van der Waals surface area contributed by atoms with Gasteiger partial charge in [-0.25, -0.2) is 10.2 Å². The van der Waals surface area contributed by atoms with Gasteiger partial charge in [-0.1, -0.05) is 0 Å². The Kier molecular flexibility index (Phi) is 6.76. The van der Waals surface area contributed by atoms with Gasteiger partial charge in [-0.15, -0.1) is 0 Å². The molecule has 0 aliphatic rings. The van der Waals surface area contributed by atoms with Crippen LogP contribution in [0.15, 0.2) is 4.99 Å². The number of aliphatic imine (C=N–C) groups is 1. The molecule has 0 rings (SSSR count). The van der Waals surface area contributed by atoms with Gasteiger partial charge in [0.2, 0.25) is 0 Å². The van der Waals surface area contributed by atoms with Crippen LogP contribution in [0.1, 0.15) is 33.6 Å². The fraction of sp³-hybridized carbons (Fsp3) is 0.800. The van der Waals surface area contributed by atoms with Crippen LogP contribution in [0, 0.1) is 4.91 Å². The average Bonchev–Trinajstić information content (AvgIpc) is 2.20. The van der Waals surface area contributed by atoms with Crippen LogP contribution in [-0.4, -0.2) is 40.4 Å². The SMILES string of the molecule is CC(C)(C)OC(=O)C(N)CCCN=C(N)N[N+](=O)O. The van der Waals surface area contributed by atoms with E-state index >= 15 is 0 Å². The number of hydrogen-bond acceptors (Lipinski definition) is 5. The van der Waals surface area contributed by atoms with Crippen LogP contribution in [0.3, 0.4) is 0 Å². The Bertz CT molecular complexity index is 350. The summed E-state index contributed by atoms with van der Waals surface area (Å²) in [6.45, 7) is 5.55. The highest BCUT2D eigenvalue weighted by molar-refractivity contribution is 5.76. The maximum absolute atomic E-state index is 11.5. The summed E-state index contributed by atoms with van der Waals surface area (Å²) in [6.07, 6.45) is 0.874. The van der Waals surface area contributed by atoms with Gasteiger partial charge < -0.3 is 16.2 Å². The third-order valence-electron chi connectivity index (χ3n) is 1.88. The molecule has 0 spiro atoms. The molecule has 9 nitrogen and oxygen atoms in total. The summed E-state index contributed by atoms with van der Waals surface area (Å²) in [5.74, 6) is -0.688. The van der Waals surface area contributed by atoms with Crippen molar-refractivity contribution < 1.29 is 19.8 Å². The van der Waals surface area contributed by atoms with Crippen LogP contribution in [0.4, 0.5) is 0 Å². The Labute approximate surface area is 111 Å². The van der Waals surface area contributed by atoms with Crippen molar-refractivity contribution in [2.45, 2.75) is 45.3 Å². The van der Waals surface area contributed by atoms with E-state index in [0.717, 1.165) is 0 Å². The molecule has 0 aromatic rings. The van der Waals surface area contributed by atoms with Gasteiger partial charge in [-0.2, -0.15) is 0 Å². The normalized spacial score (nSPS) is 13.8. The first kappa shape index (κ1) is 17.1. The molecule has 19 heavy (non-hydrogen) atoms. The molecule has 6 N–H and O–H groups in total. The first-order chi connectivity index (χ1) is 8.61. The number of nitrogens with one attached hydrogen (secondary N) is 1. The minimum absolute atomic E-state index is 0.219. The van der Waals surface area contributed by atoms with Crippen LogP contribution in [-0.2, 0) is 9.53 Å². The molecule has 1 unspecified atom stereocenters. The van der Waals surface area contributed by atoms with Crippen LogP contribution >= 0.6 is 0 Å². The summed E-state index contributed by atoms with van der Waals surface area (Å²) in [6, 6.07) is -0.725. The number of hydrogen-bond donors (Lipinski definition) is 4. The lowest BCUT2D eigenvalue weighted by Crippen LogP contribution is -2.38. The van der Waals surface area contributed by atoms with E-state index in [1.807, 2.05) is 5.43 Å². The minimum atomic E-state index is -0.725. The maximum atomic E-state index is 11.5. The first-order valence-electron chi connectivity index (χ1n) is 5.83. The highest BCUT2D eigenvalue weighted by Crippen LogP contribution is 2.09. The zero-order chi connectivity index (χ0) is 15.1. The molecule has 0 radical (unpaired) electrons. The molecule has 0 aliphatic carbocycles. The number of guanidine groups is 1. The lowest BCUT2D eigenvalue weighted by molar-refractivity contribution is -0.822. The smallest absolute Gasteiger partial charge is 0.362 e. The Morgan fingerprint density at radius 2 is 2.11 bits per heavy atom. The summed E-state index contributed by atoms with van der Waals surface area (Å²) < 4.78 is 5.11. The predicted molar refractivity (Wildman–Crippen MR) is 68.1 cm³/mol. The highest BCUT2D eigenvalue weighted by Gasteiger charge is 2.21. The van der Waals surface area contributed by atoms with Crippen molar-refractivity contribution in [1.82, 2.24) is 5.43 Å². The number of esters is 1. The molecule has 0 bridgehead atoms. The van der Waals surface area contributed by atoms with Crippen LogP contribution in [0.25, 0.3) is 0 Å². The van der Waals surface area contributed by atoms with Gasteiger partial charge in [0.05, 0.1) is 0 Å². The number of carbonyl (C=O) groups excluding carboxylic acids is 1. The quantitative estimate of drug-likeness (QED) is 0.167. The standard InChI is InChI=1S/C10H22N5O4/c1-10(2,3)19-8(16)7(11)5-4-6-13-9(12)14-15(17)18/h7H,4-6,11H2,1-3H3,(H,17,18)(H3,12,13,14)/q+1. The van der Waals surface area contributed by atoms with E-state index in [4.69, 9.17) is 21.4 Å². The number of hydrazine groups is 1. The Morgan fingerprint density at radius 1 is 1.53 bits per heavy atom. The molecular weight excluding hydrogens is 254 g/mol. The minimum Gasteiger partial charge on any atom is -0.459 e. The van der Waals surface area contributed by atoms with Crippen molar-refractivity contribution in [3.63, 3.8) is 0 Å². The van der Waals surface area contributed by atoms with Gasteiger partial charge >= 0.3 is 11.0 Å². The zero-order valence-corrected chi connectivity index (χ0v) is 11.4. The van der Waals surface area contributed by atoms with Crippen LogP contribution in [0.5, 0.6) is 0 Å². The van der Waals surface area contributed by atoms with Gasteiger partial charge in [-0.3, -0.25) is 4.79 Å². The van der Waals surface area contributed by atoms with E-state index in [2.05, 4.69) is 4.99 Å². The maximum Gasteiger partial charge on any atom is 0.362 e. The van der Waals surface area contributed by atoms with Crippen LogP contribution < -0.4 is 16.9 Å². The first-order valence-corrected chi connectivity index (χ1v) is 5.83. The van der Waals surface area contributed by atoms with Crippen LogP contribution in [0.2, 0.25) is 0 Å². The van der Waals surface area contributed by atoms with Gasteiger partial charge in [-0.05, 0) is 39.0 Å². The number of nitrogens with zero attached hydrogens (tertiary/aromatic N) is 2. The molecule has 9 heteroatoms. The molecular formula is C10H22N5O4+. The van der Waals surface area contributed by atoms with E-state index in [1.165, 1.54) is 0 Å². The van der Waals surface area contributed by atoms with Crippen molar-refractivity contribution in [2.24, 2.45) is 16.5 Å². The number of ether oxygens (including phenoxy) is 1. The summed E-state index contributed by atoms with van der Waals surface area (Å²) >= 11 is 0. The largest absolute Gasteiger partial charge is 0.459 e. The lowest BCUT2D eigenvalue weighted by Gasteiger charge is -2.22.